The van der Waals surface area contributed by atoms with Gasteiger partial charge in [-0.3, -0.25) is 4.79 Å². The number of imidazole rings is 1. The largest absolute Gasteiger partial charge is 0.494 e. The Bertz CT molecular complexity index is 1070. The first-order valence-electron chi connectivity index (χ1n) is 8.00. The maximum Gasteiger partial charge on any atom is 0.264 e. The molecule has 2 heterocycles. The molecule has 1 fully saturated rings. The van der Waals surface area contributed by atoms with Gasteiger partial charge in [0, 0.05) is 13.1 Å². The fraction of sp³-hybridized carbons (Fsp3) is 0.105. The van der Waals surface area contributed by atoms with Crippen LogP contribution in [-0.2, 0) is 11.8 Å². The predicted molar refractivity (Wildman–Crippen MR) is 105 cm³/mol. The van der Waals surface area contributed by atoms with Gasteiger partial charge in [0.2, 0.25) is 0 Å². The Morgan fingerprint density at radius 2 is 1.96 bits per heavy atom. The van der Waals surface area contributed by atoms with Crippen LogP contribution in [0.3, 0.4) is 0 Å². The van der Waals surface area contributed by atoms with Gasteiger partial charge in [-0.15, -0.1) is 0 Å². The van der Waals surface area contributed by atoms with Gasteiger partial charge in [-0.05, 0) is 36.0 Å². The van der Waals surface area contributed by atoms with Crippen molar-refractivity contribution >= 4 is 45.6 Å². The maximum atomic E-state index is 12.3. The van der Waals surface area contributed by atoms with E-state index in [0.717, 1.165) is 16.9 Å². The number of aliphatic imine (C=N–C) groups is 1. The Morgan fingerprint density at radius 1 is 1.19 bits per heavy atom. The molecule has 3 aromatic rings. The summed E-state index contributed by atoms with van der Waals surface area (Å²) in [5, 5.41) is 3.31. The molecule has 1 aliphatic heterocycles. The average molecular weight is 364 g/mol. The molecule has 4 rings (SSSR count). The van der Waals surface area contributed by atoms with E-state index in [9.17, 15) is 4.79 Å². The summed E-state index contributed by atoms with van der Waals surface area (Å²) in [4.78, 5) is 21.9. The standard InChI is InChI=1S/C19H16N4O2S/c1-23-14-9-5-3-7-12(14)20-17(23)11-16-18(24)22-19(26-16)21-13-8-4-6-10-15(13)25-2/h3-11H,1-2H3,(H,21,22,24)/b16-11+. The first kappa shape index (κ1) is 16.4. The SMILES string of the molecule is COc1ccccc1N=C1NC(=O)/C(=C\c2nc3ccccc3n2C)S1. The molecular formula is C19H16N4O2S. The number of thioether (sulfide) groups is 1. The molecule has 2 aromatic carbocycles. The van der Waals surface area contributed by atoms with E-state index in [1.165, 1.54) is 11.8 Å². The second-order valence-electron chi connectivity index (χ2n) is 5.67. The summed E-state index contributed by atoms with van der Waals surface area (Å²) in [7, 11) is 3.53. The Hall–Kier alpha value is -3.06. The van der Waals surface area contributed by atoms with Gasteiger partial charge in [0.25, 0.3) is 5.91 Å². The fourth-order valence-electron chi connectivity index (χ4n) is 2.72. The van der Waals surface area contributed by atoms with Crippen molar-refractivity contribution in [3.8, 4) is 5.75 Å². The quantitative estimate of drug-likeness (QED) is 0.723. The van der Waals surface area contributed by atoms with Gasteiger partial charge < -0.3 is 14.6 Å². The lowest BCUT2D eigenvalue weighted by Crippen LogP contribution is -2.19. The molecule has 0 atom stereocenters. The van der Waals surface area contributed by atoms with Gasteiger partial charge in [0.15, 0.2) is 5.17 Å². The van der Waals surface area contributed by atoms with Gasteiger partial charge in [0.1, 0.15) is 17.3 Å². The molecule has 0 saturated carbocycles. The van der Waals surface area contributed by atoms with Crippen LogP contribution < -0.4 is 10.1 Å². The number of aromatic nitrogens is 2. The van der Waals surface area contributed by atoms with Crippen LogP contribution in [0.15, 0.2) is 58.4 Å². The number of amidine groups is 1. The molecule has 0 radical (unpaired) electrons. The van der Waals surface area contributed by atoms with Crippen LogP contribution in [0.4, 0.5) is 5.69 Å². The molecule has 0 unspecified atom stereocenters. The molecule has 1 amide bonds. The molecule has 7 heteroatoms. The van der Waals surface area contributed by atoms with Crippen molar-refractivity contribution < 1.29 is 9.53 Å². The average Bonchev–Trinajstić information content (AvgIpc) is 3.16. The number of ether oxygens (including phenoxy) is 1. The second kappa shape index (κ2) is 6.68. The summed E-state index contributed by atoms with van der Waals surface area (Å²) < 4.78 is 7.26. The highest BCUT2D eigenvalue weighted by atomic mass is 32.2. The summed E-state index contributed by atoms with van der Waals surface area (Å²) in [5.74, 6) is 1.20. The first-order valence-corrected chi connectivity index (χ1v) is 8.81. The molecule has 1 aromatic heterocycles. The maximum absolute atomic E-state index is 12.3. The summed E-state index contributed by atoms with van der Waals surface area (Å²) >= 11 is 1.29. The Morgan fingerprint density at radius 3 is 2.77 bits per heavy atom. The highest BCUT2D eigenvalue weighted by Crippen LogP contribution is 2.32. The van der Waals surface area contributed by atoms with Gasteiger partial charge in [-0.2, -0.15) is 0 Å². The number of nitrogens with zero attached hydrogens (tertiary/aromatic N) is 3. The zero-order chi connectivity index (χ0) is 18.1. The second-order valence-corrected chi connectivity index (χ2v) is 6.70. The number of hydrogen-bond donors (Lipinski definition) is 1. The summed E-state index contributed by atoms with van der Waals surface area (Å²) in [6.07, 6.45) is 1.78. The molecule has 1 saturated heterocycles. The van der Waals surface area contributed by atoms with E-state index in [1.54, 1.807) is 13.2 Å². The molecular weight excluding hydrogens is 348 g/mol. The molecule has 0 spiro atoms. The summed E-state index contributed by atoms with van der Waals surface area (Å²) in [6, 6.07) is 15.3. The molecule has 6 nitrogen and oxygen atoms in total. The normalized spacial score (nSPS) is 17.2. The number of fused-ring (bicyclic) bond motifs is 1. The van der Waals surface area contributed by atoms with Crippen molar-refractivity contribution in [2.24, 2.45) is 12.0 Å². The number of carbonyl (C=O) groups excluding carboxylic acids is 1. The molecule has 1 N–H and O–H groups in total. The van der Waals surface area contributed by atoms with E-state index in [-0.39, 0.29) is 5.91 Å². The Kier molecular flexibility index (Phi) is 4.22. The van der Waals surface area contributed by atoms with Crippen molar-refractivity contribution in [2.75, 3.05) is 7.11 Å². The van der Waals surface area contributed by atoms with Crippen LogP contribution in [-0.4, -0.2) is 27.7 Å². The number of benzene rings is 2. The summed E-state index contributed by atoms with van der Waals surface area (Å²) in [5.41, 5.74) is 2.58. The molecule has 1 aliphatic rings. The minimum atomic E-state index is -0.185. The van der Waals surface area contributed by atoms with Crippen LogP contribution >= 0.6 is 11.8 Å². The number of rotatable bonds is 3. The van der Waals surface area contributed by atoms with E-state index in [0.29, 0.717) is 21.5 Å². The van der Waals surface area contributed by atoms with Crippen LogP contribution in [0, 0.1) is 0 Å². The van der Waals surface area contributed by atoms with Crippen LogP contribution in [0.25, 0.3) is 17.1 Å². The number of para-hydroxylation sites is 4. The van der Waals surface area contributed by atoms with Gasteiger partial charge in [0.05, 0.1) is 23.0 Å². The van der Waals surface area contributed by atoms with Crippen LogP contribution in [0.2, 0.25) is 0 Å². The van der Waals surface area contributed by atoms with Crippen molar-refractivity contribution in [3.63, 3.8) is 0 Å². The number of hydrogen-bond acceptors (Lipinski definition) is 5. The summed E-state index contributed by atoms with van der Waals surface area (Å²) in [6.45, 7) is 0. The molecule has 0 aliphatic carbocycles. The molecule has 26 heavy (non-hydrogen) atoms. The third-order valence-corrected chi connectivity index (χ3v) is 4.95. The minimum absolute atomic E-state index is 0.185. The van der Waals surface area contributed by atoms with Gasteiger partial charge >= 0.3 is 0 Å². The van der Waals surface area contributed by atoms with Crippen LogP contribution in [0.5, 0.6) is 5.75 Å². The zero-order valence-electron chi connectivity index (χ0n) is 14.3. The van der Waals surface area contributed by atoms with Crippen LogP contribution in [0.1, 0.15) is 5.82 Å². The van der Waals surface area contributed by atoms with E-state index < -0.39 is 0 Å². The van der Waals surface area contributed by atoms with E-state index >= 15 is 0 Å². The van der Waals surface area contributed by atoms with Gasteiger partial charge in [-0.25, -0.2) is 9.98 Å². The highest BCUT2D eigenvalue weighted by molar-refractivity contribution is 8.18. The number of aryl methyl sites for hydroxylation is 1. The predicted octanol–water partition coefficient (Wildman–Crippen LogP) is 3.47. The zero-order valence-corrected chi connectivity index (χ0v) is 15.1. The lowest BCUT2D eigenvalue weighted by Gasteiger charge is -2.03. The topological polar surface area (TPSA) is 68.5 Å². The number of methoxy groups -OCH3 is 1. The lowest BCUT2D eigenvalue weighted by atomic mass is 10.3. The third-order valence-electron chi connectivity index (χ3n) is 4.04. The van der Waals surface area contributed by atoms with Crippen molar-refractivity contribution in [1.82, 2.24) is 14.9 Å². The van der Waals surface area contributed by atoms with Crippen molar-refractivity contribution in [3.05, 3.63) is 59.3 Å². The number of nitrogens with one attached hydrogen (secondary N) is 1. The molecule has 0 bridgehead atoms. The number of amides is 1. The van der Waals surface area contributed by atoms with E-state index in [1.807, 2.05) is 60.1 Å². The van der Waals surface area contributed by atoms with Crippen molar-refractivity contribution in [1.29, 1.82) is 0 Å². The monoisotopic (exact) mass is 364 g/mol. The first-order chi connectivity index (χ1) is 12.7. The van der Waals surface area contributed by atoms with E-state index in [2.05, 4.69) is 15.3 Å². The lowest BCUT2D eigenvalue weighted by molar-refractivity contribution is -0.115. The Balaban J connectivity index is 1.66. The molecule has 130 valence electrons. The third kappa shape index (κ3) is 2.97. The highest BCUT2D eigenvalue weighted by Gasteiger charge is 2.25. The number of carbonyl (C=O) groups is 1. The smallest absolute Gasteiger partial charge is 0.264 e. The Labute approximate surface area is 154 Å². The fourth-order valence-corrected chi connectivity index (χ4v) is 3.53. The van der Waals surface area contributed by atoms with Gasteiger partial charge in [-0.1, -0.05) is 24.3 Å². The van der Waals surface area contributed by atoms with Crippen molar-refractivity contribution in [2.45, 2.75) is 0 Å². The van der Waals surface area contributed by atoms with E-state index in [4.69, 9.17) is 4.74 Å². The minimum Gasteiger partial charge on any atom is -0.494 e.